The molecule has 2 heterocycles. The van der Waals surface area contributed by atoms with Crippen molar-refractivity contribution >= 4 is 45.0 Å². The van der Waals surface area contributed by atoms with Gasteiger partial charge in [0.15, 0.2) is 0 Å². The van der Waals surface area contributed by atoms with Crippen LogP contribution < -0.4 is 10.6 Å². The summed E-state index contributed by atoms with van der Waals surface area (Å²) < 4.78 is 0.609. The van der Waals surface area contributed by atoms with Gasteiger partial charge in [0.2, 0.25) is 11.8 Å². The van der Waals surface area contributed by atoms with E-state index >= 15 is 0 Å². The first-order chi connectivity index (χ1) is 8.06. The Labute approximate surface area is 111 Å². The Morgan fingerprint density at radius 2 is 2.41 bits per heavy atom. The highest BCUT2D eigenvalue weighted by atomic mass is 79.9. The number of anilines is 1. The highest BCUT2D eigenvalue weighted by molar-refractivity contribution is 9.10. The van der Waals surface area contributed by atoms with Crippen LogP contribution in [0.25, 0.3) is 0 Å². The number of nitrogens with one attached hydrogen (secondary N) is 2. The van der Waals surface area contributed by atoms with E-state index in [9.17, 15) is 9.59 Å². The minimum atomic E-state index is -0.322. The van der Waals surface area contributed by atoms with E-state index in [-0.39, 0.29) is 24.2 Å². The van der Waals surface area contributed by atoms with Gasteiger partial charge >= 0.3 is 0 Å². The van der Waals surface area contributed by atoms with Gasteiger partial charge in [-0.1, -0.05) is 11.6 Å². The summed E-state index contributed by atoms with van der Waals surface area (Å²) in [5.41, 5.74) is 0.547. The van der Waals surface area contributed by atoms with Gasteiger partial charge in [-0.2, -0.15) is 0 Å². The largest absolute Gasteiger partial charge is 0.355 e. The number of nitrogens with zero attached hydrogens (tertiary/aromatic N) is 1. The summed E-state index contributed by atoms with van der Waals surface area (Å²) in [6, 6.07) is 1.66. The van der Waals surface area contributed by atoms with Gasteiger partial charge in [-0.15, -0.1) is 0 Å². The molecule has 1 aliphatic heterocycles. The molecule has 90 valence electrons. The van der Waals surface area contributed by atoms with Gasteiger partial charge < -0.3 is 10.6 Å². The van der Waals surface area contributed by atoms with Crippen LogP contribution in [0.4, 0.5) is 5.69 Å². The molecular formula is C10H9BrClN3O2. The molecule has 2 N–H and O–H groups in total. The Kier molecular flexibility index (Phi) is 3.63. The van der Waals surface area contributed by atoms with Gasteiger partial charge in [-0.3, -0.25) is 9.59 Å². The van der Waals surface area contributed by atoms with Crippen molar-refractivity contribution in [2.24, 2.45) is 5.92 Å². The van der Waals surface area contributed by atoms with Gasteiger partial charge in [0.1, 0.15) is 5.15 Å². The molecule has 1 fully saturated rings. The topological polar surface area (TPSA) is 71.1 Å². The van der Waals surface area contributed by atoms with E-state index < -0.39 is 0 Å². The van der Waals surface area contributed by atoms with Crippen molar-refractivity contribution in [3.8, 4) is 0 Å². The molecule has 17 heavy (non-hydrogen) atoms. The third-order valence-corrected chi connectivity index (χ3v) is 3.55. The van der Waals surface area contributed by atoms with Crippen molar-refractivity contribution in [2.75, 3.05) is 11.9 Å². The summed E-state index contributed by atoms with van der Waals surface area (Å²) in [6.07, 6.45) is 1.70. The molecule has 0 radical (unpaired) electrons. The van der Waals surface area contributed by atoms with Gasteiger partial charge in [0.25, 0.3) is 0 Å². The molecule has 0 aliphatic carbocycles. The second-order valence-corrected chi connectivity index (χ2v) is 4.90. The first kappa shape index (κ1) is 12.3. The van der Waals surface area contributed by atoms with Crippen LogP contribution >= 0.6 is 27.5 Å². The molecular weight excluding hydrogens is 309 g/mol. The van der Waals surface area contributed by atoms with Crippen LogP contribution in [0.1, 0.15) is 6.42 Å². The van der Waals surface area contributed by atoms with Crippen molar-refractivity contribution in [3.05, 3.63) is 21.9 Å². The summed E-state index contributed by atoms with van der Waals surface area (Å²) in [5.74, 6) is -0.614. The Morgan fingerprint density at radius 3 is 3.00 bits per heavy atom. The Morgan fingerprint density at radius 1 is 1.65 bits per heavy atom. The van der Waals surface area contributed by atoms with Crippen LogP contribution in [-0.4, -0.2) is 23.3 Å². The number of carbonyl (C=O) groups is 2. The first-order valence-corrected chi connectivity index (χ1v) is 6.12. The summed E-state index contributed by atoms with van der Waals surface area (Å²) in [4.78, 5) is 26.7. The number of halogens is 2. The number of carbonyl (C=O) groups excluding carboxylic acids is 2. The molecule has 7 heteroatoms. The quantitative estimate of drug-likeness (QED) is 0.813. The standard InChI is InChI=1S/C10H9BrClN3O2/c11-7-2-6(4-14-9(7)12)15-10(17)5-1-8(16)13-3-5/h2,4-5H,1,3H2,(H,13,16)(H,15,17). The van der Waals surface area contributed by atoms with Crippen molar-refractivity contribution in [1.29, 1.82) is 0 Å². The molecule has 1 aliphatic rings. The molecule has 5 nitrogen and oxygen atoms in total. The molecule has 2 rings (SSSR count). The van der Waals surface area contributed by atoms with Crippen molar-refractivity contribution in [3.63, 3.8) is 0 Å². The SMILES string of the molecule is O=C1CC(C(=O)Nc2cnc(Cl)c(Br)c2)CN1. The molecule has 0 spiro atoms. The molecule has 1 aromatic heterocycles. The van der Waals surface area contributed by atoms with E-state index in [1.807, 2.05) is 0 Å². The molecule has 1 saturated heterocycles. The van der Waals surface area contributed by atoms with Gasteiger partial charge in [-0.05, 0) is 22.0 Å². The van der Waals surface area contributed by atoms with Crippen molar-refractivity contribution in [2.45, 2.75) is 6.42 Å². The van der Waals surface area contributed by atoms with Crippen LogP contribution in [0.15, 0.2) is 16.7 Å². The van der Waals surface area contributed by atoms with Crippen LogP contribution in [0, 0.1) is 5.92 Å². The third-order valence-electron chi connectivity index (χ3n) is 2.41. The second-order valence-electron chi connectivity index (χ2n) is 3.69. The molecule has 2 amide bonds. The third kappa shape index (κ3) is 2.95. The zero-order chi connectivity index (χ0) is 12.4. The average Bonchev–Trinajstić information content (AvgIpc) is 2.70. The predicted octanol–water partition coefficient (Wildman–Crippen LogP) is 1.57. The second kappa shape index (κ2) is 5.01. The zero-order valence-electron chi connectivity index (χ0n) is 8.67. The van der Waals surface area contributed by atoms with Gasteiger partial charge in [0, 0.05) is 13.0 Å². The Balaban J connectivity index is 2.03. The maximum absolute atomic E-state index is 11.8. The fourth-order valence-corrected chi connectivity index (χ4v) is 1.98. The number of amides is 2. The summed E-state index contributed by atoms with van der Waals surface area (Å²) in [5, 5.41) is 5.64. The lowest BCUT2D eigenvalue weighted by Crippen LogP contribution is -2.24. The van der Waals surface area contributed by atoms with Crippen LogP contribution in [0.2, 0.25) is 5.15 Å². The maximum Gasteiger partial charge on any atom is 0.229 e. The minimum absolute atomic E-state index is 0.0967. The summed E-state index contributed by atoms with van der Waals surface area (Å²) in [6.45, 7) is 0.382. The molecule has 0 aromatic carbocycles. The van der Waals surface area contributed by atoms with E-state index in [1.54, 1.807) is 6.07 Å². The van der Waals surface area contributed by atoms with Crippen molar-refractivity contribution in [1.82, 2.24) is 10.3 Å². The predicted molar refractivity (Wildman–Crippen MR) is 66.7 cm³/mol. The fraction of sp³-hybridized carbons (Fsp3) is 0.300. The maximum atomic E-state index is 11.8. The summed E-state index contributed by atoms with van der Waals surface area (Å²) >= 11 is 8.95. The first-order valence-electron chi connectivity index (χ1n) is 4.95. The molecule has 0 bridgehead atoms. The van der Waals surface area contributed by atoms with E-state index in [2.05, 4.69) is 31.5 Å². The Bertz CT molecular complexity index is 481. The van der Waals surface area contributed by atoms with E-state index in [0.29, 0.717) is 21.9 Å². The van der Waals surface area contributed by atoms with Crippen LogP contribution in [0.3, 0.4) is 0 Å². The molecule has 0 saturated carbocycles. The lowest BCUT2D eigenvalue weighted by atomic mass is 10.1. The van der Waals surface area contributed by atoms with E-state index in [1.165, 1.54) is 6.20 Å². The number of rotatable bonds is 2. The monoisotopic (exact) mass is 317 g/mol. The van der Waals surface area contributed by atoms with Crippen molar-refractivity contribution < 1.29 is 9.59 Å². The highest BCUT2D eigenvalue weighted by Gasteiger charge is 2.27. The lowest BCUT2D eigenvalue weighted by Gasteiger charge is -2.09. The fourth-order valence-electron chi connectivity index (χ4n) is 1.52. The van der Waals surface area contributed by atoms with E-state index in [4.69, 9.17) is 11.6 Å². The summed E-state index contributed by atoms with van der Waals surface area (Å²) in [7, 11) is 0. The van der Waals surface area contributed by atoms with E-state index in [0.717, 1.165) is 0 Å². The number of pyridine rings is 1. The van der Waals surface area contributed by atoms with Gasteiger partial charge in [-0.25, -0.2) is 4.98 Å². The van der Waals surface area contributed by atoms with Gasteiger partial charge in [0.05, 0.1) is 22.3 Å². The zero-order valence-corrected chi connectivity index (χ0v) is 11.0. The Hall–Kier alpha value is -1.14. The van der Waals surface area contributed by atoms with Crippen LogP contribution in [0.5, 0.6) is 0 Å². The molecule has 1 atom stereocenters. The number of hydrogen-bond donors (Lipinski definition) is 2. The number of aromatic nitrogens is 1. The number of hydrogen-bond acceptors (Lipinski definition) is 3. The smallest absolute Gasteiger partial charge is 0.229 e. The molecule has 1 unspecified atom stereocenters. The normalized spacial score (nSPS) is 18.9. The minimum Gasteiger partial charge on any atom is -0.355 e. The van der Waals surface area contributed by atoms with Crippen LogP contribution in [-0.2, 0) is 9.59 Å². The lowest BCUT2D eigenvalue weighted by molar-refractivity contribution is -0.123. The average molecular weight is 319 g/mol. The highest BCUT2D eigenvalue weighted by Crippen LogP contribution is 2.23. The molecule has 1 aromatic rings.